The van der Waals surface area contributed by atoms with E-state index in [9.17, 15) is 27.1 Å². The lowest BCUT2D eigenvalue weighted by atomic mass is 9.72. The minimum atomic E-state index is -5.06. The van der Waals surface area contributed by atoms with E-state index >= 15 is 0 Å². The summed E-state index contributed by atoms with van der Waals surface area (Å²) < 4.78 is 70.9. The number of aromatic nitrogens is 2. The molecule has 3 aromatic rings. The second kappa shape index (κ2) is 7.26. The van der Waals surface area contributed by atoms with Crippen LogP contribution < -0.4 is 5.32 Å². The molecule has 0 saturated carbocycles. The van der Waals surface area contributed by atoms with E-state index in [-0.39, 0.29) is 22.4 Å². The molecule has 0 spiro atoms. The van der Waals surface area contributed by atoms with Gasteiger partial charge >= 0.3 is 6.18 Å². The minimum absolute atomic E-state index is 0.123. The van der Waals surface area contributed by atoms with Crippen LogP contribution in [0.2, 0.25) is 0 Å². The van der Waals surface area contributed by atoms with Gasteiger partial charge in [0.15, 0.2) is 17.2 Å². The number of anilines is 1. The maximum absolute atomic E-state index is 14.7. The topological polar surface area (TPSA) is 58.0 Å². The van der Waals surface area contributed by atoms with Crippen molar-refractivity contribution in [2.24, 2.45) is 0 Å². The van der Waals surface area contributed by atoms with Crippen LogP contribution in [0.15, 0.2) is 42.6 Å². The first-order chi connectivity index (χ1) is 14.6. The Morgan fingerprint density at radius 2 is 1.94 bits per heavy atom. The van der Waals surface area contributed by atoms with Gasteiger partial charge in [-0.15, -0.1) is 0 Å². The summed E-state index contributed by atoms with van der Waals surface area (Å²) in [5, 5.41) is 14.0. The van der Waals surface area contributed by atoms with Gasteiger partial charge in [0, 0.05) is 29.3 Å². The first kappa shape index (κ1) is 21.2. The van der Waals surface area contributed by atoms with Gasteiger partial charge in [0.25, 0.3) is 0 Å². The number of aryl methyl sites for hydroxylation is 1. The third-order valence-corrected chi connectivity index (χ3v) is 5.58. The molecule has 0 amide bonds. The van der Waals surface area contributed by atoms with Gasteiger partial charge in [-0.25, -0.2) is 18.7 Å². The zero-order chi connectivity index (χ0) is 22.6. The number of halogens is 5. The largest absolute Gasteiger partial charge is 0.419 e. The predicted molar refractivity (Wildman–Crippen MR) is 106 cm³/mol. The van der Waals surface area contributed by atoms with Gasteiger partial charge in [0.2, 0.25) is 0 Å². The van der Waals surface area contributed by atoms with Crippen LogP contribution in [0.4, 0.5) is 27.6 Å². The number of benzene rings is 2. The van der Waals surface area contributed by atoms with Gasteiger partial charge in [-0.2, -0.15) is 13.2 Å². The smallest absolute Gasteiger partial charge is 0.378 e. The van der Waals surface area contributed by atoms with Crippen molar-refractivity contribution in [3.63, 3.8) is 0 Å². The zero-order valence-electron chi connectivity index (χ0n) is 16.6. The molecular formula is C22H18F5N3O. The molecule has 4 rings (SSSR count). The van der Waals surface area contributed by atoms with E-state index in [0.717, 1.165) is 12.1 Å². The molecule has 1 heterocycles. The summed E-state index contributed by atoms with van der Waals surface area (Å²) >= 11 is 0. The Morgan fingerprint density at radius 1 is 1.19 bits per heavy atom. The van der Waals surface area contributed by atoms with Crippen LogP contribution >= 0.6 is 0 Å². The normalized spacial score (nSPS) is 22.6. The third-order valence-electron chi connectivity index (χ3n) is 5.58. The van der Waals surface area contributed by atoms with Crippen molar-refractivity contribution < 1.29 is 27.1 Å². The summed E-state index contributed by atoms with van der Waals surface area (Å²) in [4.78, 5) is 8.34. The Labute approximate surface area is 174 Å². The lowest BCUT2D eigenvalue weighted by Crippen LogP contribution is -2.54. The molecule has 0 fully saturated rings. The first-order valence-electron chi connectivity index (χ1n) is 9.48. The molecule has 1 aliphatic carbocycles. The van der Waals surface area contributed by atoms with Crippen LogP contribution in [0.3, 0.4) is 0 Å². The maximum atomic E-state index is 14.7. The van der Waals surface area contributed by atoms with Crippen LogP contribution in [0.1, 0.15) is 36.3 Å². The van der Waals surface area contributed by atoms with E-state index < -0.39 is 35.9 Å². The van der Waals surface area contributed by atoms with Crippen molar-refractivity contribution in [3.8, 4) is 0 Å². The number of alkyl halides is 3. The van der Waals surface area contributed by atoms with E-state index in [1.54, 1.807) is 19.1 Å². The fourth-order valence-corrected chi connectivity index (χ4v) is 4.01. The number of hydrogen-bond donors (Lipinski definition) is 2. The van der Waals surface area contributed by atoms with Gasteiger partial charge < -0.3 is 10.4 Å². The Morgan fingerprint density at radius 3 is 2.61 bits per heavy atom. The molecule has 4 nitrogen and oxygen atoms in total. The number of nitrogens with zero attached hydrogens (tertiary/aromatic N) is 2. The number of nitrogens with one attached hydrogen (secondary N) is 1. The number of fused-ring (bicyclic) bond motifs is 2. The Kier molecular flexibility index (Phi) is 4.96. The molecular weight excluding hydrogens is 417 g/mol. The molecule has 31 heavy (non-hydrogen) atoms. The minimum Gasteiger partial charge on any atom is -0.378 e. The number of aliphatic hydroxyl groups is 1. The van der Waals surface area contributed by atoms with Crippen LogP contribution in [-0.4, -0.2) is 26.9 Å². The molecule has 0 aliphatic heterocycles. The quantitative estimate of drug-likeness (QED) is 0.524. The highest BCUT2D eigenvalue weighted by Gasteiger charge is 2.61. The lowest BCUT2D eigenvalue weighted by Gasteiger charge is -2.44. The van der Waals surface area contributed by atoms with Gasteiger partial charge in [0.05, 0.1) is 11.6 Å². The summed E-state index contributed by atoms with van der Waals surface area (Å²) in [6.07, 6.45) is -3.28. The molecule has 162 valence electrons. The van der Waals surface area contributed by atoms with Crippen LogP contribution in [-0.2, 0) is 0 Å². The molecule has 2 atom stereocenters. The number of hydrogen-bond acceptors (Lipinski definition) is 4. The van der Waals surface area contributed by atoms with Gasteiger partial charge in [0.1, 0.15) is 5.82 Å². The van der Waals surface area contributed by atoms with Gasteiger partial charge in [-0.05, 0) is 43.2 Å². The second-order valence-electron chi connectivity index (χ2n) is 7.47. The highest BCUT2D eigenvalue weighted by molar-refractivity contribution is 5.91. The monoisotopic (exact) mass is 435 g/mol. The van der Waals surface area contributed by atoms with Crippen molar-refractivity contribution in [2.45, 2.75) is 38.1 Å². The molecule has 0 unspecified atom stereocenters. The van der Waals surface area contributed by atoms with E-state index in [1.807, 2.05) is 0 Å². The molecule has 1 aromatic heterocycles. The molecule has 9 heteroatoms. The zero-order valence-corrected chi connectivity index (χ0v) is 16.6. The Hall–Kier alpha value is -3.07. The fraction of sp³-hybridized carbons (Fsp3) is 0.273. The average Bonchev–Trinajstić information content (AvgIpc) is 2.71. The molecule has 1 aliphatic rings. The van der Waals surface area contributed by atoms with E-state index in [4.69, 9.17) is 0 Å². The lowest BCUT2D eigenvalue weighted by molar-refractivity contribution is -0.265. The van der Waals surface area contributed by atoms with Crippen molar-refractivity contribution >= 4 is 22.2 Å². The fourth-order valence-electron chi connectivity index (χ4n) is 4.01. The highest BCUT2D eigenvalue weighted by atomic mass is 19.4. The number of allylic oxidation sites excluding steroid dienone is 1. The molecule has 0 bridgehead atoms. The van der Waals surface area contributed by atoms with Crippen LogP contribution in [0.5, 0.6) is 0 Å². The molecule has 0 radical (unpaired) electrons. The summed E-state index contributed by atoms with van der Waals surface area (Å²) in [6.45, 7) is 3.09. The maximum Gasteiger partial charge on any atom is 0.419 e. The summed E-state index contributed by atoms with van der Waals surface area (Å²) in [5.74, 6) is -1.95. The molecule has 2 N–H and O–H groups in total. The first-order valence-corrected chi connectivity index (χ1v) is 9.48. The van der Waals surface area contributed by atoms with E-state index in [1.165, 1.54) is 25.3 Å². The van der Waals surface area contributed by atoms with E-state index in [0.29, 0.717) is 16.7 Å². The SMILES string of the molecule is CC=C1C[C@](O)(C(F)(F)F)[C@H](Nc2cccc3nc(C)ncc23)c2ccc(F)c(F)c21. The Bertz CT molecular complexity index is 1210. The van der Waals surface area contributed by atoms with Gasteiger partial charge in [-0.3, -0.25) is 0 Å². The second-order valence-corrected chi connectivity index (χ2v) is 7.47. The predicted octanol–water partition coefficient (Wildman–Crippen LogP) is 5.47. The summed E-state index contributed by atoms with van der Waals surface area (Å²) in [6, 6.07) is 4.81. The van der Waals surface area contributed by atoms with Crippen molar-refractivity contribution in [1.29, 1.82) is 0 Å². The van der Waals surface area contributed by atoms with Crippen molar-refractivity contribution in [3.05, 3.63) is 71.2 Å². The van der Waals surface area contributed by atoms with Crippen LogP contribution in [0.25, 0.3) is 16.5 Å². The Balaban J connectivity index is 1.95. The average molecular weight is 435 g/mol. The summed E-state index contributed by atoms with van der Waals surface area (Å²) in [7, 11) is 0. The molecule has 2 aromatic carbocycles. The highest BCUT2D eigenvalue weighted by Crippen LogP contribution is 2.53. The third kappa shape index (κ3) is 3.33. The standard InChI is InChI=1S/C22H18F5N3O/c1-3-12-9-21(31,22(25,26)27)20(13-7-8-15(23)19(24)18(12)13)30-17-6-4-5-16-14(17)10-28-11(2)29-16/h3-8,10,20,30-31H,9H2,1-2H3/t20-,21-/m1/s1. The van der Waals surface area contributed by atoms with Crippen LogP contribution in [0, 0.1) is 18.6 Å². The van der Waals surface area contributed by atoms with Crippen molar-refractivity contribution in [1.82, 2.24) is 9.97 Å². The van der Waals surface area contributed by atoms with E-state index in [2.05, 4.69) is 15.3 Å². The summed E-state index contributed by atoms with van der Waals surface area (Å²) in [5.41, 5.74) is -3.14. The van der Waals surface area contributed by atoms with Crippen molar-refractivity contribution in [2.75, 3.05) is 5.32 Å². The van der Waals surface area contributed by atoms with Gasteiger partial charge in [-0.1, -0.05) is 18.2 Å². The molecule has 0 saturated heterocycles. The number of rotatable bonds is 2.